The van der Waals surface area contributed by atoms with Gasteiger partial charge in [-0.1, -0.05) is 12.1 Å². The number of ketones is 1. The van der Waals surface area contributed by atoms with Gasteiger partial charge in [0, 0.05) is 22.8 Å². The van der Waals surface area contributed by atoms with Crippen molar-refractivity contribution in [1.82, 2.24) is 0 Å². The van der Waals surface area contributed by atoms with Gasteiger partial charge in [0.2, 0.25) is 0 Å². The molecule has 2 atom stereocenters. The smallest absolute Gasteiger partial charge is 0.406 e. The molecular weight excluding hydrogens is 313 g/mol. The van der Waals surface area contributed by atoms with Crippen molar-refractivity contribution < 1.29 is 22.7 Å². The Morgan fingerprint density at radius 3 is 2.55 bits per heavy atom. The second kappa shape index (κ2) is 6.14. The predicted octanol–water partition coefficient (Wildman–Crippen LogP) is 4.37. The molecule has 0 aromatic heterocycles. The number of halogens is 3. The number of rotatable bonds is 4. The van der Waals surface area contributed by atoms with Gasteiger partial charge in [0.05, 0.1) is 0 Å². The van der Waals surface area contributed by atoms with Crippen LogP contribution >= 0.6 is 11.8 Å². The van der Waals surface area contributed by atoms with Crippen LogP contribution in [0.2, 0.25) is 0 Å². The molecule has 2 unspecified atom stereocenters. The highest BCUT2D eigenvalue weighted by Crippen LogP contribution is 2.46. The molecular formula is C16H17F3O2S. The molecule has 2 fully saturated rings. The Morgan fingerprint density at radius 1 is 1.23 bits per heavy atom. The molecule has 0 N–H and O–H groups in total. The molecule has 2 saturated heterocycles. The Morgan fingerprint density at radius 2 is 1.91 bits per heavy atom. The van der Waals surface area contributed by atoms with E-state index in [1.165, 1.54) is 31.0 Å². The lowest BCUT2D eigenvalue weighted by atomic mass is 9.91. The maximum atomic E-state index is 12.4. The van der Waals surface area contributed by atoms with E-state index in [1.54, 1.807) is 6.07 Å². The summed E-state index contributed by atoms with van der Waals surface area (Å²) in [7, 11) is 0. The number of benzene rings is 1. The average molecular weight is 330 g/mol. The zero-order valence-corrected chi connectivity index (χ0v) is 12.8. The first kappa shape index (κ1) is 15.7. The van der Waals surface area contributed by atoms with Crippen molar-refractivity contribution in [3.63, 3.8) is 0 Å². The highest BCUT2D eigenvalue weighted by atomic mass is 32.2. The molecule has 2 bridgehead atoms. The molecule has 2 aliphatic heterocycles. The van der Waals surface area contributed by atoms with E-state index in [1.807, 2.05) is 11.8 Å². The first-order chi connectivity index (χ1) is 10.4. The second-order valence-electron chi connectivity index (χ2n) is 5.96. The molecule has 0 amide bonds. The third-order valence-electron chi connectivity index (χ3n) is 4.26. The maximum Gasteiger partial charge on any atom is 0.573 e. The topological polar surface area (TPSA) is 26.3 Å². The quantitative estimate of drug-likeness (QED) is 0.820. The SMILES string of the molecule is O=C(Cc1cccc(OC(F)(F)F)c1)C1CC2CCC(C1)S2. The summed E-state index contributed by atoms with van der Waals surface area (Å²) in [5.41, 5.74) is 0.581. The number of ether oxygens (including phenoxy) is 1. The Kier molecular flexibility index (Phi) is 4.39. The lowest BCUT2D eigenvalue weighted by molar-refractivity contribution is -0.274. The lowest BCUT2D eigenvalue weighted by Crippen LogP contribution is -2.26. The highest BCUT2D eigenvalue weighted by molar-refractivity contribution is 8.00. The van der Waals surface area contributed by atoms with Gasteiger partial charge in [0.25, 0.3) is 0 Å². The minimum Gasteiger partial charge on any atom is -0.406 e. The van der Waals surface area contributed by atoms with Crippen LogP contribution in [-0.4, -0.2) is 22.6 Å². The van der Waals surface area contributed by atoms with Gasteiger partial charge in [-0.05, 0) is 43.4 Å². The molecule has 6 heteroatoms. The fourth-order valence-corrected chi connectivity index (χ4v) is 5.09. The van der Waals surface area contributed by atoms with E-state index >= 15 is 0 Å². The summed E-state index contributed by atoms with van der Waals surface area (Å²) in [6.45, 7) is 0. The van der Waals surface area contributed by atoms with Gasteiger partial charge in [-0.15, -0.1) is 13.2 Å². The minimum absolute atomic E-state index is 0.0611. The van der Waals surface area contributed by atoms with Crippen LogP contribution in [0.25, 0.3) is 0 Å². The van der Waals surface area contributed by atoms with Crippen LogP contribution in [0.3, 0.4) is 0 Å². The molecule has 22 heavy (non-hydrogen) atoms. The van der Waals surface area contributed by atoms with Gasteiger partial charge < -0.3 is 4.74 Å². The molecule has 120 valence electrons. The third-order valence-corrected chi connectivity index (χ3v) is 5.88. The summed E-state index contributed by atoms with van der Waals surface area (Å²) >= 11 is 1.99. The molecule has 2 nitrogen and oxygen atoms in total. The molecule has 2 heterocycles. The Labute approximate surface area is 131 Å². The van der Waals surface area contributed by atoms with Gasteiger partial charge in [-0.25, -0.2) is 0 Å². The van der Waals surface area contributed by atoms with Gasteiger partial charge in [0.1, 0.15) is 11.5 Å². The molecule has 2 aliphatic rings. The number of hydrogen-bond donors (Lipinski definition) is 0. The molecule has 3 rings (SSSR count). The fourth-order valence-electron chi connectivity index (χ4n) is 3.32. The Hall–Kier alpha value is -1.17. The number of carbonyl (C=O) groups is 1. The van der Waals surface area contributed by atoms with Crippen molar-refractivity contribution in [3.8, 4) is 5.75 Å². The van der Waals surface area contributed by atoms with Gasteiger partial charge in [-0.2, -0.15) is 11.8 Å². The Bertz CT molecular complexity index is 547. The maximum absolute atomic E-state index is 12.4. The average Bonchev–Trinajstić information content (AvgIpc) is 2.76. The summed E-state index contributed by atoms with van der Waals surface area (Å²) in [6.07, 6.45) is -0.314. The largest absolute Gasteiger partial charge is 0.573 e. The zero-order valence-electron chi connectivity index (χ0n) is 11.9. The van der Waals surface area contributed by atoms with Crippen molar-refractivity contribution in [3.05, 3.63) is 29.8 Å². The summed E-state index contributed by atoms with van der Waals surface area (Å²) in [5.74, 6) is -0.0654. The van der Waals surface area contributed by atoms with Crippen LogP contribution in [0.5, 0.6) is 5.75 Å². The van der Waals surface area contributed by atoms with Crippen molar-refractivity contribution in [1.29, 1.82) is 0 Å². The summed E-state index contributed by atoms with van der Waals surface area (Å²) in [4.78, 5) is 12.4. The van der Waals surface area contributed by atoms with E-state index in [4.69, 9.17) is 0 Å². The van der Waals surface area contributed by atoms with Crippen molar-refractivity contribution in [2.24, 2.45) is 5.92 Å². The van der Waals surface area contributed by atoms with Crippen LogP contribution in [-0.2, 0) is 11.2 Å². The predicted molar refractivity (Wildman–Crippen MR) is 79.0 cm³/mol. The van der Waals surface area contributed by atoms with Crippen molar-refractivity contribution in [2.45, 2.75) is 49.0 Å². The number of hydrogen-bond acceptors (Lipinski definition) is 3. The summed E-state index contributed by atoms with van der Waals surface area (Å²) in [6, 6.07) is 5.72. The third kappa shape index (κ3) is 3.97. The van der Waals surface area contributed by atoms with Gasteiger partial charge >= 0.3 is 6.36 Å². The first-order valence-corrected chi connectivity index (χ1v) is 8.36. The molecule has 0 radical (unpaired) electrons. The van der Waals surface area contributed by atoms with Crippen LogP contribution in [0.4, 0.5) is 13.2 Å². The van der Waals surface area contributed by atoms with Crippen LogP contribution < -0.4 is 4.74 Å². The summed E-state index contributed by atoms with van der Waals surface area (Å²) in [5, 5.41) is 1.18. The molecule has 0 aliphatic carbocycles. The number of Topliss-reactive ketones (excluding diaryl/α,β-unsaturated/α-hetero) is 1. The van der Waals surface area contributed by atoms with Crippen molar-refractivity contribution in [2.75, 3.05) is 0 Å². The molecule has 0 saturated carbocycles. The van der Waals surface area contributed by atoms with Crippen LogP contribution in [0, 0.1) is 5.92 Å². The second-order valence-corrected chi connectivity index (χ2v) is 7.57. The molecule has 1 aromatic rings. The van der Waals surface area contributed by atoms with E-state index in [2.05, 4.69) is 4.74 Å². The normalized spacial score (nSPS) is 27.7. The highest BCUT2D eigenvalue weighted by Gasteiger charge is 2.37. The monoisotopic (exact) mass is 330 g/mol. The van der Waals surface area contributed by atoms with E-state index in [0.29, 0.717) is 16.1 Å². The van der Waals surface area contributed by atoms with E-state index in [-0.39, 0.29) is 23.9 Å². The zero-order chi connectivity index (χ0) is 15.7. The van der Waals surface area contributed by atoms with Gasteiger partial charge in [-0.3, -0.25) is 4.79 Å². The number of alkyl halides is 3. The number of thioether (sulfide) groups is 1. The lowest BCUT2D eigenvalue weighted by Gasteiger charge is -2.26. The van der Waals surface area contributed by atoms with E-state index in [0.717, 1.165) is 12.8 Å². The van der Waals surface area contributed by atoms with Crippen molar-refractivity contribution >= 4 is 17.5 Å². The standard InChI is InChI=1S/C16H17F3O2S/c17-16(18,19)21-12-3-1-2-10(6-12)7-15(20)11-8-13-4-5-14(9-11)22-13/h1-3,6,11,13-14H,4-5,7-9H2. The minimum atomic E-state index is -4.71. The summed E-state index contributed by atoms with van der Waals surface area (Å²) < 4.78 is 40.6. The fraction of sp³-hybridized carbons (Fsp3) is 0.562. The Balaban J connectivity index is 1.63. The number of carbonyl (C=O) groups excluding carboxylic acids is 1. The van der Waals surface area contributed by atoms with E-state index in [9.17, 15) is 18.0 Å². The first-order valence-electron chi connectivity index (χ1n) is 7.42. The molecule has 0 spiro atoms. The van der Waals surface area contributed by atoms with Gasteiger partial charge in [0.15, 0.2) is 0 Å². The van der Waals surface area contributed by atoms with E-state index < -0.39 is 6.36 Å². The van der Waals surface area contributed by atoms with Crippen LogP contribution in [0.15, 0.2) is 24.3 Å². The van der Waals surface area contributed by atoms with Crippen LogP contribution in [0.1, 0.15) is 31.2 Å². The molecule has 1 aromatic carbocycles. The number of fused-ring (bicyclic) bond motifs is 2.